The van der Waals surface area contributed by atoms with E-state index in [1.807, 2.05) is 42.5 Å². The van der Waals surface area contributed by atoms with Gasteiger partial charge < -0.3 is 15.0 Å². The summed E-state index contributed by atoms with van der Waals surface area (Å²) in [6, 6.07) is 17.0. The van der Waals surface area contributed by atoms with Gasteiger partial charge in [-0.3, -0.25) is 14.5 Å². The summed E-state index contributed by atoms with van der Waals surface area (Å²) in [6.07, 6.45) is 0. The van der Waals surface area contributed by atoms with Gasteiger partial charge >= 0.3 is 6.03 Å². The highest BCUT2D eigenvalue weighted by atomic mass is 19.1. The Labute approximate surface area is 197 Å². The van der Waals surface area contributed by atoms with Crippen LogP contribution in [0.3, 0.4) is 0 Å². The third kappa shape index (κ3) is 4.07. The van der Waals surface area contributed by atoms with Gasteiger partial charge in [0.1, 0.15) is 12.1 Å². The molecular formula is C26H26FN3O4. The maximum absolute atomic E-state index is 14.1. The van der Waals surface area contributed by atoms with Crippen molar-refractivity contribution in [2.45, 2.75) is 25.9 Å². The third-order valence-corrected chi connectivity index (χ3v) is 6.22. The number of amides is 4. The van der Waals surface area contributed by atoms with Crippen LogP contribution in [0.4, 0.5) is 9.18 Å². The Kier molecular flexibility index (Phi) is 6.24. The summed E-state index contributed by atoms with van der Waals surface area (Å²) >= 11 is 0. The second-order valence-electron chi connectivity index (χ2n) is 8.35. The number of urea groups is 1. The van der Waals surface area contributed by atoms with Gasteiger partial charge in [-0.1, -0.05) is 48.5 Å². The molecule has 4 rings (SSSR count). The second kappa shape index (κ2) is 9.13. The third-order valence-electron chi connectivity index (χ3n) is 6.22. The first-order valence-corrected chi connectivity index (χ1v) is 11.0. The van der Waals surface area contributed by atoms with Crippen molar-refractivity contribution in [3.63, 3.8) is 0 Å². The number of nitrogens with one attached hydrogen (secondary N) is 1. The van der Waals surface area contributed by atoms with E-state index in [0.29, 0.717) is 17.7 Å². The molecular weight excluding hydrogens is 437 g/mol. The summed E-state index contributed by atoms with van der Waals surface area (Å²) < 4.78 is 19.0. The SMILES string of the molecule is CCN(Cc1ccc(OC)c(F)c1)C(=O)CN1C(=O)N[C@](C)(c2cccc3ccccc23)C1=O. The number of carbonyl (C=O) groups is 3. The lowest BCUT2D eigenvalue weighted by molar-refractivity contribution is -0.139. The van der Waals surface area contributed by atoms with Crippen LogP contribution in [0, 0.1) is 5.82 Å². The van der Waals surface area contributed by atoms with Crippen LogP contribution >= 0.6 is 0 Å². The van der Waals surface area contributed by atoms with E-state index in [0.717, 1.165) is 15.7 Å². The Morgan fingerprint density at radius 3 is 2.56 bits per heavy atom. The van der Waals surface area contributed by atoms with Gasteiger partial charge in [0.15, 0.2) is 11.6 Å². The summed E-state index contributed by atoms with van der Waals surface area (Å²) in [5.41, 5.74) is -0.0553. The van der Waals surface area contributed by atoms with Crippen molar-refractivity contribution in [3.05, 3.63) is 77.6 Å². The molecule has 0 radical (unpaired) electrons. The van der Waals surface area contributed by atoms with Crippen LogP contribution in [0.2, 0.25) is 0 Å². The summed E-state index contributed by atoms with van der Waals surface area (Å²) in [7, 11) is 1.38. The van der Waals surface area contributed by atoms with E-state index in [4.69, 9.17) is 4.74 Å². The Balaban J connectivity index is 1.54. The summed E-state index contributed by atoms with van der Waals surface area (Å²) in [6.45, 7) is 3.50. The van der Waals surface area contributed by atoms with Crippen molar-refractivity contribution >= 4 is 28.6 Å². The number of rotatable bonds is 7. The van der Waals surface area contributed by atoms with E-state index in [-0.39, 0.29) is 12.3 Å². The maximum atomic E-state index is 14.1. The lowest BCUT2D eigenvalue weighted by Crippen LogP contribution is -2.44. The van der Waals surface area contributed by atoms with Crippen molar-refractivity contribution in [2.24, 2.45) is 0 Å². The Hall–Kier alpha value is -3.94. The zero-order valence-electron chi connectivity index (χ0n) is 19.3. The predicted molar refractivity (Wildman–Crippen MR) is 126 cm³/mol. The van der Waals surface area contributed by atoms with Gasteiger partial charge in [0, 0.05) is 13.1 Å². The minimum absolute atomic E-state index is 0.116. The second-order valence-corrected chi connectivity index (χ2v) is 8.35. The highest BCUT2D eigenvalue weighted by Crippen LogP contribution is 2.33. The van der Waals surface area contributed by atoms with Gasteiger partial charge in [-0.25, -0.2) is 9.18 Å². The van der Waals surface area contributed by atoms with Crippen LogP contribution in [0.5, 0.6) is 5.75 Å². The molecule has 1 aliphatic heterocycles. The van der Waals surface area contributed by atoms with Crippen LogP contribution in [-0.2, 0) is 21.7 Å². The molecule has 3 aromatic carbocycles. The van der Waals surface area contributed by atoms with Gasteiger partial charge in [0.2, 0.25) is 5.91 Å². The average molecular weight is 464 g/mol. The maximum Gasteiger partial charge on any atom is 0.325 e. The van der Waals surface area contributed by atoms with E-state index in [1.54, 1.807) is 19.9 Å². The molecule has 4 amide bonds. The van der Waals surface area contributed by atoms with E-state index in [1.165, 1.54) is 24.1 Å². The smallest absolute Gasteiger partial charge is 0.325 e. The molecule has 0 aromatic heterocycles. The molecule has 0 bridgehead atoms. The molecule has 176 valence electrons. The van der Waals surface area contributed by atoms with Crippen LogP contribution in [0.15, 0.2) is 60.7 Å². The number of ether oxygens (including phenoxy) is 1. The minimum Gasteiger partial charge on any atom is -0.494 e. The Bertz CT molecular complexity index is 1270. The molecule has 1 atom stereocenters. The number of imide groups is 1. The predicted octanol–water partition coefficient (Wildman–Crippen LogP) is 3.80. The molecule has 0 unspecified atom stereocenters. The molecule has 8 heteroatoms. The first-order chi connectivity index (χ1) is 16.3. The molecule has 1 fully saturated rings. The molecule has 3 aromatic rings. The average Bonchev–Trinajstić information content (AvgIpc) is 3.05. The van der Waals surface area contributed by atoms with E-state index in [2.05, 4.69) is 5.32 Å². The number of halogens is 1. The Morgan fingerprint density at radius 1 is 1.12 bits per heavy atom. The van der Waals surface area contributed by atoms with Crippen molar-refractivity contribution in [1.29, 1.82) is 0 Å². The first-order valence-electron chi connectivity index (χ1n) is 11.0. The number of carbonyl (C=O) groups excluding carboxylic acids is 3. The zero-order valence-corrected chi connectivity index (χ0v) is 19.3. The number of nitrogens with zero attached hydrogens (tertiary/aromatic N) is 2. The fraction of sp³-hybridized carbons (Fsp3) is 0.269. The molecule has 1 saturated heterocycles. The zero-order chi connectivity index (χ0) is 24.5. The number of hydrogen-bond donors (Lipinski definition) is 1. The van der Waals surface area contributed by atoms with Gasteiger partial charge in [0.05, 0.1) is 7.11 Å². The monoisotopic (exact) mass is 463 g/mol. The summed E-state index contributed by atoms with van der Waals surface area (Å²) in [5, 5.41) is 4.57. The van der Waals surface area contributed by atoms with Gasteiger partial charge in [0.25, 0.3) is 5.91 Å². The van der Waals surface area contributed by atoms with Crippen LogP contribution in [-0.4, -0.2) is 47.8 Å². The molecule has 1 aliphatic rings. The standard InChI is InChI=1S/C26H26FN3O4/c1-4-29(15-17-12-13-22(34-3)21(27)14-17)23(31)16-30-24(32)26(2,28-25(30)33)20-11-7-9-18-8-5-6-10-19(18)20/h5-14H,4,15-16H2,1-3H3,(H,28,33)/t26-/m1/s1. The van der Waals surface area contributed by atoms with Gasteiger partial charge in [-0.15, -0.1) is 0 Å². The quantitative estimate of drug-likeness (QED) is 0.541. The van der Waals surface area contributed by atoms with E-state index >= 15 is 0 Å². The van der Waals surface area contributed by atoms with Crippen molar-refractivity contribution in [2.75, 3.05) is 20.2 Å². The fourth-order valence-electron chi connectivity index (χ4n) is 4.32. The van der Waals surface area contributed by atoms with E-state index < -0.39 is 35.7 Å². The lowest BCUT2D eigenvalue weighted by atomic mass is 9.88. The minimum atomic E-state index is -1.30. The normalized spacial score (nSPS) is 17.7. The fourth-order valence-corrected chi connectivity index (χ4v) is 4.32. The lowest BCUT2D eigenvalue weighted by Gasteiger charge is -2.25. The van der Waals surface area contributed by atoms with Crippen LogP contribution in [0.25, 0.3) is 10.8 Å². The molecule has 1 N–H and O–H groups in total. The number of hydrogen-bond acceptors (Lipinski definition) is 4. The number of benzene rings is 3. The molecule has 34 heavy (non-hydrogen) atoms. The van der Waals surface area contributed by atoms with E-state index in [9.17, 15) is 18.8 Å². The van der Waals surface area contributed by atoms with Crippen LogP contribution < -0.4 is 10.1 Å². The van der Waals surface area contributed by atoms with Crippen molar-refractivity contribution in [1.82, 2.24) is 15.1 Å². The molecule has 7 nitrogen and oxygen atoms in total. The number of fused-ring (bicyclic) bond motifs is 1. The molecule has 0 saturated carbocycles. The largest absolute Gasteiger partial charge is 0.494 e. The highest BCUT2D eigenvalue weighted by Gasteiger charge is 2.50. The molecule has 0 spiro atoms. The van der Waals surface area contributed by atoms with Crippen molar-refractivity contribution < 1.29 is 23.5 Å². The number of likely N-dealkylation sites (N-methyl/N-ethyl adjacent to an activating group) is 1. The summed E-state index contributed by atoms with van der Waals surface area (Å²) in [4.78, 5) is 41.6. The topological polar surface area (TPSA) is 79.0 Å². The van der Waals surface area contributed by atoms with Crippen LogP contribution in [0.1, 0.15) is 25.0 Å². The highest BCUT2D eigenvalue weighted by molar-refractivity contribution is 6.10. The summed E-state index contributed by atoms with van der Waals surface area (Å²) in [5.74, 6) is -1.31. The molecule has 0 aliphatic carbocycles. The Morgan fingerprint density at radius 2 is 1.85 bits per heavy atom. The first kappa shape index (κ1) is 23.2. The molecule has 1 heterocycles. The van der Waals surface area contributed by atoms with Crippen molar-refractivity contribution in [3.8, 4) is 5.75 Å². The van der Waals surface area contributed by atoms with Gasteiger partial charge in [-0.2, -0.15) is 0 Å². The van der Waals surface area contributed by atoms with Gasteiger partial charge in [-0.05, 0) is 47.9 Å². The number of methoxy groups -OCH3 is 1.